The number of nitrogens with one attached hydrogen (secondary N) is 1. The topological polar surface area (TPSA) is 98.2 Å². The van der Waals surface area contributed by atoms with Gasteiger partial charge in [-0.3, -0.25) is 9.59 Å². The number of hydrogen-bond donors (Lipinski definition) is 1. The molecule has 0 amide bonds. The van der Waals surface area contributed by atoms with Crippen molar-refractivity contribution in [2.75, 3.05) is 53.1 Å². The van der Waals surface area contributed by atoms with Crippen molar-refractivity contribution in [3.8, 4) is 22.9 Å². The maximum atomic E-state index is 13.6. The summed E-state index contributed by atoms with van der Waals surface area (Å²) in [6.07, 6.45) is 1.57. The maximum Gasteiger partial charge on any atom is 0.277 e. The van der Waals surface area contributed by atoms with Gasteiger partial charge in [0.15, 0.2) is 11.5 Å². The fraction of sp³-hybridized carbons (Fsp3) is 0.467. The Morgan fingerprint density at radius 1 is 1.02 bits per heavy atom. The van der Waals surface area contributed by atoms with Gasteiger partial charge in [-0.05, 0) is 43.8 Å². The minimum Gasteiger partial charge on any atom is -0.479 e. The van der Waals surface area contributed by atoms with Gasteiger partial charge in [0, 0.05) is 72.2 Å². The molecule has 2 aromatic heterocycles. The van der Waals surface area contributed by atoms with Crippen LogP contribution in [0.4, 0.5) is 0 Å². The van der Waals surface area contributed by atoms with Crippen LogP contribution in [-0.4, -0.2) is 78.4 Å². The second-order valence-electron chi connectivity index (χ2n) is 11.0. The molecule has 7 rings (SSSR count). The molecule has 1 aromatic carbocycles. The molecule has 0 spiro atoms. The van der Waals surface area contributed by atoms with Crippen LogP contribution in [0, 0.1) is 5.92 Å². The van der Waals surface area contributed by atoms with Crippen LogP contribution in [0.25, 0.3) is 22.3 Å². The second kappa shape index (κ2) is 11.3. The number of ether oxygens (including phenoxy) is 3. The van der Waals surface area contributed by atoms with Crippen LogP contribution in [0.15, 0.2) is 23.0 Å². The van der Waals surface area contributed by atoms with Gasteiger partial charge in [0.1, 0.15) is 0 Å². The molecule has 0 saturated carbocycles. The predicted molar refractivity (Wildman–Crippen MR) is 149 cm³/mol. The van der Waals surface area contributed by atoms with Crippen LogP contribution in [0.3, 0.4) is 0 Å². The maximum absolute atomic E-state index is 13.6. The molecule has 4 aliphatic heterocycles. The Balaban J connectivity index is 0.00000302. The molecule has 4 aliphatic rings. The van der Waals surface area contributed by atoms with E-state index in [0.717, 1.165) is 79.1 Å². The summed E-state index contributed by atoms with van der Waals surface area (Å²) in [6.45, 7) is 9.66. The SMILES string of the molecule is CC[C-]1C(=O)OCc2c1cc1n(c2=O)Cc2c-1nc1cc3c(cc1c2CNCCCN1CCN(C)CC1)OCO3.[Co]. The first-order valence-electron chi connectivity index (χ1n) is 14.2. The number of carbonyl (C=O) groups excluding carboxylic acids is 1. The van der Waals surface area contributed by atoms with Gasteiger partial charge >= 0.3 is 0 Å². The number of carbonyl (C=O) groups is 1. The van der Waals surface area contributed by atoms with E-state index in [-0.39, 0.29) is 41.7 Å². The molecule has 0 atom stereocenters. The quantitative estimate of drug-likeness (QED) is 0.194. The number of rotatable bonds is 7. The third kappa shape index (κ3) is 4.89. The molecule has 219 valence electrons. The number of esters is 1. The normalized spacial score (nSPS) is 17.7. The van der Waals surface area contributed by atoms with E-state index >= 15 is 0 Å². The molecule has 1 radical (unpaired) electrons. The standard InChI is InChI=1S/C30H34N5O5.Co/c1-3-18-19-11-25-28-22(15-35(25)29(36)23(19)16-38-30(18)37)21(14-31-5-4-6-34-9-7-33(2)8-10-34)20-12-26-27(40-17-39-26)13-24(20)32-28;/h11-13,31H,3-10,14-17H2,1-2H3;/q-1;. The zero-order chi connectivity index (χ0) is 27.4. The molecule has 11 heteroatoms. The fourth-order valence-corrected chi connectivity index (χ4v) is 6.33. The molecular formula is C30H34CoN5O5-. The average molecular weight is 604 g/mol. The summed E-state index contributed by atoms with van der Waals surface area (Å²) in [5.74, 6) is 1.59. The van der Waals surface area contributed by atoms with Crippen LogP contribution in [0.5, 0.6) is 11.5 Å². The Kier molecular flexibility index (Phi) is 7.73. The molecule has 1 N–H and O–H groups in total. The molecule has 10 nitrogen and oxygen atoms in total. The second-order valence-corrected chi connectivity index (χ2v) is 11.0. The van der Waals surface area contributed by atoms with Gasteiger partial charge in [-0.25, -0.2) is 4.98 Å². The van der Waals surface area contributed by atoms with Crippen molar-refractivity contribution in [1.29, 1.82) is 0 Å². The Hall–Kier alpha value is -3.09. The van der Waals surface area contributed by atoms with E-state index in [4.69, 9.17) is 19.2 Å². The van der Waals surface area contributed by atoms with E-state index in [0.29, 0.717) is 48.1 Å². The minimum atomic E-state index is -0.349. The van der Waals surface area contributed by atoms with Gasteiger partial charge in [-0.15, -0.1) is 6.07 Å². The van der Waals surface area contributed by atoms with Crippen molar-refractivity contribution >= 4 is 16.9 Å². The van der Waals surface area contributed by atoms with E-state index in [9.17, 15) is 9.59 Å². The van der Waals surface area contributed by atoms with Gasteiger partial charge in [-0.2, -0.15) is 5.56 Å². The van der Waals surface area contributed by atoms with E-state index in [2.05, 4.69) is 22.2 Å². The van der Waals surface area contributed by atoms with Crippen LogP contribution in [0.2, 0.25) is 0 Å². The van der Waals surface area contributed by atoms with Gasteiger partial charge in [0.05, 0.1) is 24.4 Å². The van der Waals surface area contributed by atoms with Gasteiger partial charge in [-0.1, -0.05) is 19.3 Å². The summed E-state index contributed by atoms with van der Waals surface area (Å²) >= 11 is 0. The minimum absolute atomic E-state index is 0. The molecule has 0 bridgehead atoms. The van der Waals surface area contributed by atoms with Crippen molar-refractivity contribution in [2.45, 2.75) is 39.5 Å². The Morgan fingerprint density at radius 2 is 1.80 bits per heavy atom. The molecular weight excluding hydrogens is 569 g/mol. The Bertz CT molecular complexity index is 1570. The average Bonchev–Trinajstić information content (AvgIpc) is 3.57. The number of likely N-dealkylation sites (N-methyl/N-ethyl adjacent to an activating group) is 1. The van der Waals surface area contributed by atoms with Gasteiger partial charge in [0.2, 0.25) is 12.4 Å². The van der Waals surface area contributed by atoms with Crippen molar-refractivity contribution in [1.82, 2.24) is 24.7 Å². The summed E-state index contributed by atoms with van der Waals surface area (Å²) in [5.41, 5.74) is 5.60. The first-order valence-corrected chi connectivity index (χ1v) is 14.2. The Labute approximate surface area is 249 Å². The monoisotopic (exact) mass is 603 g/mol. The molecule has 3 aromatic rings. The smallest absolute Gasteiger partial charge is 0.277 e. The summed E-state index contributed by atoms with van der Waals surface area (Å²) in [4.78, 5) is 36.0. The summed E-state index contributed by atoms with van der Waals surface area (Å²) in [7, 11) is 2.18. The number of piperazine rings is 1. The summed E-state index contributed by atoms with van der Waals surface area (Å²) in [5, 5.41) is 4.66. The van der Waals surface area contributed by atoms with Crippen molar-refractivity contribution in [3.05, 3.63) is 56.7 Å². The number of aromatic nitrogens is 2. The molecule has 6 heterocycles. The van der Waals surface area contributed by atoms with E-state index < -0.39 is 0 Å². The first-order chi connectivity index (χ1) is 19.5. The first kappa shape index (κ1) is 28.0. The number of nitrogens with zero attached hydrogens (tertiary/aromatic N) is 4. The summed E-state index contributed by atoms with van der Waals surface area (Å²) in [6, 6.07) is 5.90. The molecule has 1 saturated heterocycles. The molecule has 41 heavy (non-hydrogen) atoms. The largest absolute Gasteiger partial charge is 0.479 e. The third-order valence-electron chi connectivity index (χ3n) is 8.66. The van der Waals surface area contributed by atoms with Crippen LogP contribution in [0.1, 0.15) is 42.0 Å². The zero-order valence-corrected chi connectivity index (χ0v) is 24.4. The van der Waals surface area contributed by atoms with Crippen LogP contribution < -0.4 is 20.3 Å². The van der Waals surface area contributed by atoms with E-state index in [1.54, 1.807) is 4.57 Å². The van der Waals surface area contributed by atoms with Crippen molar-refractivity contribution < 1.29 is 35.8 Å². The summed E-state index contributed by atoms with van der Waals surface area (Å²) < 4.78 is 18.5. The van der Waals surface area contributed by atoms with E-state index in [1.807, 2.05) is 25.1 Å². The van der Waals surface area contributed by atoms with Crippen LogP contribution >= 0.6 is 0 Å². The Morgan fingerprint density at radius 3 is 2.59 bits per heavy atom. The van der Waals surface area contributed by atoms with Crippen LogP contribution in [-0.2, 0) is 46.0 Å². The van der Waals surface area contributed by atoms with Gasteiger partial charge in [0.25, 0.3) is 5.97 Å². The number of pyridine rings is 2. The molecule has 0 aliphatic carbocycles. The van der Waals surface area contributed by atoms with E-state index in [1.165, 1.54) is 0 Å². The predicted octanol–water partition coefficient (Wildman–Crippen LogP) is 2.27. The van der Waals surface area contributed by atoms with Crippen molar-refractivity contribution in [3.63, 3.8) is 0 Å². The number of fused-ring (bicyclic) bond motifs is 6. The molecule has 1 fully saturated rings. The molecule has 0 unspecified atom stereocenters. The fourth-order valence-electron chi connectivity index (χ4n) is 6.33. The third-order valence-corrected chi connectivity index (χ3v) is 8.66. The number of cyclic esters (lactones) is 1. The van der Waals surface area contributed by atoms with Gasteiger partial charge < -0.3 is 33.9 Å². The number of hydrogen-bond acceptors (Lipinski definition) is 9. The van der Waals surface area contributed by atoms with Crippen molar-refractivity contribution in [2.24, 2.45) is 0 Å². The zero-order valence-electron chi connectivity index (χ0n) is 23.4. The number of benzene rings is 1.